The monoisotopic (exact) mass is 166 g/mol. The highest BCUT2D eigenvalue weighted by Gasteiger charge is 2.15. The van der Waals surface area contributed by atoms with Gasteiger partial charge >= 0.3 is 0 Å². The molecule has 11 heavy (non-hydrogen) atoms. The lowest BCUT2D eigenvalue weighted by Gasteiger charge is -2.20. The number of hydrogen-bond acceptors (Lipinski definition) is 2. The molecule has 1 aliphatic carbocycles. The van der Waals surface area contributed by atoms with Gasteiger partial charge in [0.25, 0.3) is 0 Å². The number of allylic oxidation sites excluding steroid dienone is 2. The first kappa shape index (κ1) is 6.68. The highest BCUT2D eigenvalue weighted by Crippen LogP contribution is 2.11. The van der Waals surface area contributed by atoms with Gasteiger partial charge in [0, 0.05) is 0 Å². The molecule has 1 unspecified atom stereocenters. The third-order valence-corrected chi connectivity index (χ3v) is 1.83. The van der Waals surface area contributed by atoms with E-state index in [1.54, 1.807) is 6.20 Å². The van der Waals surface area contributed by atoms with Crippen LogP contribution in [0.4, 0.5) is 0 Å². The Kier molecular flexibility index (Phi) is 1.55. The van der Waals surface area contributed by atoms with E-state index in [-0.39, 0.29) is 6.04 Å². The highest BCUT2D eigenvalue weighted by atomic mass is 35.5. The van der Waals surface area contributed by atoms with Gasteiger partial charge in [-0.2, -0.15) is 0 Å². The standard InChI is InChI=1S/C8H7ClN2/c9-8-5-10-6-3-1-2-4-7(6)11-8/h1-5,7,11H. The van der Waals surface area contributed by atoms with E-state index in [1.807, 2.05) is 24.3 Å². The Morgan fingerprint density at radius 2 is 2.36 bits per heavy atom. The molecular weight excluding hydrogens is 160 g/mol. The molecule has 0 amide bonds. The van der Waals surface area contributed by atoms with Crippen molar-refractivity contribution in [3.05, 3.63) is 35.7 Å². The lowest BCUT2D eigenvalue weighted by molar-refractivity contribution is 0.839. The predicted octanol–water partition coefficient (Wildman–Crippen LogP) is 1.56. The van der Waals surface area contributed by atoms with Gasteiger partial charge in [-0.25, -0.2) is 0 Å². The quantitative estimate of drug-likeness (QED) is 0.543. The van der Waals surface area contributed by atoms with Crippen LogP contribution in [0.2, 0.25) is 0 Å². The number of rotatable bonds is 0. The minimum atomic E-state index is 0.164. The largest absolute Gasteiger partial charge is 0.363 e. The molecule has 0 aromatic rings. The zero-order valence-corrected chi connectivity index (χ0v) is 6.55. The van der Waals surface area contributed by atoms with Crippen LogP contribution < -0.4 is 5.32 Å². The molecule has 2 aliphatic rings. The molecule has 3 heteroatoms. The van der Waals surface area contributed by atoms with E-state index in [2.05, 4.69) is 10.3 Å². The summed E-state index contributed by atoms with van der Waals surface area (Å²) in [7, 11) is 0. The molecule has 1 N–H and O–H groups in total. The molecule has 0 radical (unpaired) electrons. The summed E-state index contributed by atoms with van der Waals surface area (Å²) in [6, 6.07) is 0.164. The summed E-state index contributed by atoms with van der Waals surface area (Å²) in [6.45, 7) is 0. The average molecular weight is 167 g/mol. The summed E-state index contributed by atoms with van der Waals surface area (Å²) in [5.41, 5.74) is 1.01. The number of halogens is 1. The van der Waals surface area contributed by atoms with Crippen molar-refractivity contribution in [1.82, 2.24) is 5.32 Å². The summed E-state index contributed by atoms with van der Waals surface area (Å²) in [4.78, 5) is 4.15. The second-order valence-electron chi connectivity index (χ2n) is 2.40. The van der Waals surface area contributed by atoms with E-state index in [1.165, 1.54) is 0 Å². The maximum absolute atomic E-state index is 5.72. The van der Waals surface area contributed by atoms with Gasteiger partial charge < -0.3 is 5.32 Å². The van der Waals surface area contributed by atoms with E-state index in [4.69, 9.17) is 11.6 Å². The van der Waals surface area contributed by atoms with Gasteiger partial charge in [0.2, 0.25) is 0 Å². The van der Waals surface area contributed by atoms with Crippen LogP contribution in [-0.2, 0) is 0 Å². The van der Waals surface area contributed by atoms with Crippen LogP contribution in [0, 0.1) is 0 Å². The maximum atomic E-state index is 5.72. The van der Waals surface area contributed by atoms with E-state index in [0.717, 1.165) is 5.71 Å². The van der Waals surface area contributed by atoms with Gasteiger partial charge in [-0.05, 0) is 6.08 Å². The number of aliphatic imine (C=N–C) groups is 1. The molecule has 2 rings (SSSR count). The Hall–Kier alpha value is -1.02. The summed E-state index contributed by atoms with van der Waals surface area (Å²) in [6.07, 6.45) is 9.55. The summed E-state index contributed by atoms with van der Waals surface area (Å²) < 4.78 is 0. The van der Waals surface area contributed by atoms with Crippen molar-refractivity contribution >= 4 is 17.3 Å². The van der Waals surface area contributed by atoms with Gasteiger partial charge in [-0.3, -0.25) is 4.99 Å². The van der Waals surface area contributed by atoms with E-state index < -0.39 is 0 Å². The van der Waals surface area contributed by atoms with Crippen LogP contribution >= 0.6 is 11.6 Å². The molecule has 1 aliphatic heterocycles. The minimum Gasteiger partial charge on any atom is -0.363 e. The zero-order chi connectivity index (χ0) is 7.68. The fourth-order valence-electron chi connectivity index (χ4n) is 1.09. The van der Waals surface area contributed by atoms with Crippen LogP contribution in [0.1, 0.15) is 0 Å². The Morgan fingerprint density at radius 1 is 1.45 bits per heavy atom. The molecule has 0 aromatic heterocycles. The second kappa shape index (κ2) is 2.55. The predicted molar refractivity (Wildman–Crippen MR) is 46.6 cm³/mol. The van der Waals surface area contributed by atoms with Crippen molar-refractivity contribution in [2.75, 3.05) is 0 Å². The first-order chi connectivity index (χ1) is 5.36. The Labute approximate surface area is 70.0 Å². The van der Waals surface area contributed by atoms with Gasteiger partial charge in [0.1, 0.15) is 5.16 Å². The molecule has 0 saturated heterocycles. The van der Waals surface area contributed by atoms with Crippen molar-refractivity contribution < 1.29 is 0 Å². The third kappa shape index (κ3) is 1.21. The zero-order valence-electron chi connectivity index (χ0n) is 5.79. The second-order valence-corrected chi connectivity index (χ2v) is 2.80. The number of nitrogens with one attached hydrogen (secondary N) is 1. The Balaban J connectivity index is 2.33. The third-order valence-electron chi connectivity index (χ3n) is 1.62. The van der Waals surface area contributed by atoms with Gasteiger partial charge in [0.05, 0.1) is 18.0 Å². The van der Waals surface area contributed by atoms with Crippen molar-refractivity contribution in [2.24, 2.45) is 4.99 Å². The van der Waals surface area contributed by atoms with Crippen molar-refractivity contribution in [3.63, 3.8) is 0 Å². The number of hydrogen-bond donors (Lipinski definition) is 1. The van der Waals surface area contributed by atoms with E-state index in [9.17, 15) is 0 Å². The van der Waals surface area contributed by atoms with Gasteiger partial charge in [0.15, 0.2) is 0 Å². The lowest BCUT2D eigenvalue weighted by Crippen LogP contribution is -2.35. The number of nitrogens with zero attached hydrogens (tertiary/aromatic N) is 1. The average Bonchev–Trinajstić information content (AvgIpc) is 2.04. The fourth-order valence-corrected chi connectivity index (χ4v) is 1.26. The van der Waals surface area contributed by atoms with Crippen LogP contribution in [0.15, 0.2) is 40.7 Å². The maximum Gasteiger partial charge on any atom is 0.121 e. The van der Waals surface area contributed by atoms with Crippen LogP contribution in [0.25, 0.3) is 0 Å². The van der Waals surface area contributed by atoms with Crippen LogP contribution in [0.3, 0.4) is 0 Å². The van der Waals surface area contributed by atoms with E-state index in [0.29, 0.717) is 5.16 Å². The first-order valence-electron chi connectivity index (χ1n) is 3.41. The normalized spacial score (nSPS) is 26.8. The SMILES string of the molecule is ClC1=CN=C2C=CC=CC2N1. The van der Waals surface area contributed by atoms with Crippen LogP contribution in [-0.4, -0.2) is 11.8 Å². The van der Waals surface area contributed by atoms with Gasteiger partial charge in [-0.15, -0.1) is 0 Å². The lowest BCUT2D eigenvalue weighted by atomic mass is 10.1. The molecule has 0 aromatic carbocycles. The molecule has 0 saturated carbocycles. The molecule has 0 spiro atoms. The molecule has 0 bridgehead atoms. The van der Waals surface area contributed by atoms with Gasteiger partial charge in [-0.1, -0.05) is 29.8 Å². The van der Waals surface area contributed by atoms with Crippen molar-refractivity contribution in [3.8, 4) is 0 Å². The Morgan fingerprint density at radius 3 is 3.27 bits per heavy atom. The fraction of sp³-hybridized carbons (Fsp3) is 0.125. The molecule has 2 nitrogen and oxygen atoms in total. The smallest absolute Gasteiger partial charge is 0.121 e. The summed E-state index contributed by atoms with van der Waals surface area (Å²) >= 11 is 5.72. The van der Waals surface area contributed by atoms with Crippen LogP contribution in [0.5, 0.6) is 0 Å². The molecule has 0 fully saturated rings. The molecule has 1 atom stereocenters. The molecular formula is C8H7ClN2. The topological polar surface area (TPSA) is 24.4 Å². The Bertz CT molecular complexity index is 286. The first-order valence-corrected chi connectivity index (χ1v) is 3.79. The van der Waals surface area contributed by atoms with Crippen molar-refractivity contribution in [1.29, 1.82) is 0 Å². The summed E-state index contributed by atoms with van der Waals surface area (Å²) in [5.74, 6) is 0. The van der Waals surface area contributed by atoms with E-state index >= 15 is 0 Å². The van der Waals surface area contributed by atoms with Crippen molar-refractivity contribution in [2.45, 2.75) is 6.04 Å². The summed E-state index contributed by atoms with van der Waals surface area (Å²) in [5, 5.41) is 3.67. The minimum absolute atomic E-state index is 0.164. The number of fused-ring (bicyclic) bond motifs is 1. The molecule has 1 heterocycles. The highest BCUT2D eigenvalue weighted by molar-refractivity contribution is 6.29. The molecule has 56 valence electrons.